The Morgan fingerprint density at radius 3 is 2.93 bits per heavy atom. The molecule has 14 heavy (non-hydrogen) atoms. The van der Waals surface area contributed by atoms with E-state index in [1.54, 1.807) is 6.92 Å². The summed E-state index contributed by atoms with van der Waals surface area (Å²) in [6.45, 7) is 5.70. The van der Waals surface area contributed by atoms with E-state index in [4.69, 9.17) is 4.74 Å². The molecule has 4 heteroatoms. The molecule has 1 fully saturated rings. The van der Waals surface area contributed by atoms with Crippen LogP contribution in [0.5, 0.6) is 0 Å². The molecular weight excluding hydrogens is 182 g/mol. The Morgan fingerprint density at radius 1 is 1.57 bits per heavy atom. The molecule has 0 aromatic carbocycles. The highest BCUT2D eigenvalue weighted by Crippen LogP contribution is 2.10. The molecule has 1 N–H and O–H groups in total. The third kappa shape index (κ3) is 2.87. The van der Waals surface area contributed by atoms with E-state index in [1.165, 1.54) is 0 Å². The number of amides is 1. The van der Waals surface area contributed by atoms with Gasteiger partial charge in [-0.1, -0.05) is 6.58 Å². The lowest BCUT2D eigenvalue weighted by atomic mass is 10.2. The minimum atomic E-state index is -0.637. The highest BCUT2D eigenvalue weighted by molar-refractivity contribution is 5.90. The van der Waals surface area contributed by atoms with Gasteiger partial charge in [-0.15, -0.1) is 0 Å². The van der Waals surface area contributed by atoms with Crippen LogP contribution < -0.4 is 5.32 Å². The Morgan fingerprint density at radius 2 is 2.29 bits per heavy atom. The van der Waals surface area contributed by atoms with Gasteiger partial charge in [0.05, 0.1) is 0 Å². The van der Waals surface area contributed by atoms with Crippen LogP contribution in [-0.4, -0.2) is 24.5 Å². The molecule has 1 rings (SSSR count). The summed E-state index contributed by atoms with van der Waals surface area (Å²) in [5.41, 5.74) is 0.321. The monoisotopic (exact) mass is 197 g/mol. The average Bonchev–Trinajstić information content (AvgIpc) is 2.32. The number of rotatable bonds is 2. The van der Waals surface area contributed by atoms with E-state index in [0.29, 0.717) is 18.5 Å². The van der Waals surface area contributed by atoms with Gasteiger partial charge in [0.15, 0.2) is 6.10 Å². The largest absolute Gasteiger partial charge is 0.449 e. The molecular formula is C10H15NO3. The average molecular weight is 197 g/mol. The highest BCUT2D eigenvalue weighted by Gasteiger charge is 2.24. The molecule has 1 saturated heterocycles. The SMILES string of the molecule is C=C(C)C(=O)OC1CCCCNC1=O. The first-order valence-corrected chi connectivity index (χ1v) is 4.75. The zero-order valence-electron chi connectivity index (χ0n) is 8.34. The van der Waals surface area contributed by atoms with Crippen LogP contribution in [0.4, 0.5) is 0 Å². The summed E-state index contributed by atoms with van der Waals surface area (Å²) in [6.07, 6.45) is 1.80. The highest BCUT2D eigenvalue weighted by atomic mass is 16.5. The Bertz CT molecular complexity index is 260. The van der Waals surface area contributed by atoms with E-state index in [0.717, 1.165) is 12.8 Å². The summed E-state index contributed by atoms with van der Waals surface area (Å²) in [7, 11) is 0. The normalized spacial score (nSPS) is 22.1. The van der Waals surface area contributed by atoms with Gasteiger partial charge in [-0.3, -0.25) is 4.79 Å². The first kappa shape index (κ1) is 10.8. The molecule has 1 unspecified atom stereocenters. The molecule has 1 aliphatic rings. The van der Waals surface area contributed by atoms with Gasteiger partial charge in [-0.2, -0.15) is 0 Å². The van der Waals surface area contributed by atoms with Crippen molar-refractivity contribution in [3.8, 4) is 0 Å². The van der Waals surface area contributed by atoms with Crippen LogP contribution in [0.2, 0.25) is 0 Å². The van der Waals surface area contributed by atoms with E-state index < -0.39 is 12.1 Å². The molecule has 1 aliphatic heterocycles. The quantitative estimate of drug-likeness (QED) is 0.525. The van der Waals surface area contributed by atoms with Crippen molar-refractivity contribution in [3.05, 3.63) is 12.2 Å². The van der Waals surface area contributed by atoms with Crippen LogP contribution in [0.1, 0.15) is 26.2 Å². The fourth-order valence-corrected chi connectivity index (χ4v) is 1.25. The summed E-state index contributed by atoms with van der Waals surface area (Å²) in [6, 6.07) is 0. The molecule has 0 aliphatic carbocycles. The zero-order valence-corrected chi connectivity index (χ0v) is 8.34. The molecule has 0 spiro atoms. The van der Waals surface area contributed by atoms with E-state index in [1.807, 2.05) is 0 Å². The number of hydrogen-bond donors (Lipinski definition) is 1. The van der Waals surface area contributed by atoms with Crippen molar-refractivity contribution in [2.24, 2.45) is 0 Å². The molecule has 1 atom stereocenters. The van der Waals surface area contributed by atoms with Crippen LogP contribution in [0.15, 0.2) is 12.2 Å². The molecule has 78 valence electrons. The molecule has 4 nitrogen and oxygen atoms in total. The fraction of sp³-hybridized carbons (Fsp3) is 0.600. The predicted octanol–water partition coefficient (Wildman–Crippen LogP) is 0.774. The predicted molar refractivity (Wildman–Crippen MR) is 51.6 cm³/mol. The van der Waals surface area contributed by atoms with Gasteiger partial charge in [0.1, 0.15) is 0 Å². The van der Waals surface area contributed by atoms with E-state index in [9.17, 15) is 9.59 Å². The second kappa shape index (κ2) is 4.79. The first-order chi connectivity index (χ1) is 6.61. The van der Waals surface area contributed by atoms with Gasteiger partial charge < -0.3 is 10.1 Å². The summed E-state index contributed by atoms with van der Waals surface area (Å²) < 4.78 is 4.99. The second-order valence-electron chi connectivity index (χ2n) is 3.46. The molecule has 1 amide bonds. The number of ether oxygens (including phenoxy) is 1. The minimum absolute atomic E-state index is 0.197. The van der Waals surface area contributed by atoms with Crippen LogP contribution in [0.3, 0.4) is 0 Å². The minimum Gasteiger partial charge on any atom is -0.449 e. The number of esters is 1. The van der Waals surface area contributed by atoms with Crippen molar-refractivity contribution in [3.63, 3.8) is 0 Å². The third-order valence-electron chi connectivity index (χ3n) is 2.08. The first-order valence-electron chi connectivity index (χ1n) is 4.75. The maximum Gasteiger partial charge on any atom is 0.333 e. The van der Waals surface area contributed by atoms with E-state index >= 15 is 0 Å². The van der Waals surface area contributed by atoms with Crippen LogP contribution >= 0.6 is 0 Å². The van der Waals surface area contributed by atoms with Crippen molar-refractivity contribution in [2.45, 2.75) is 32.3 Å². The third-order valence-corrected chi connectivity index (χ3v) is 2.08. The van der Waals surface area contributed by atoms with Crippen molar-refractivity contribution in [1.82, 2.24) is 5.32 Å². The topological polar surface area (TPSA) is 55.4 Å². The maximum atomic E-state index is 11.4. The lowest BCUT2D eigenvalue weighted by Crippen LogP contribution is -2.36. The van der Waals surface area contributed by atoms with Gasteiger partial charge >= 0.3 is 5.97 Å². The lowest BCUT2D eigenvalue weighted by molar-refractivity contribution is -0.152. The van der Waals surface area contributed by atoms with E-state index in [-0.39, 0.29) is 5.91 Å². The van der Waals surface area contributed by atoms with Crippen molar-refractivity contribution in [2.75, 3.05) is 6.54 Å². The van der Waals surface area contributed by atoms with Crippen molar-refractivity contribution < 1.29 is 14.3 Å². The Balaban J connectivity index is 2.52. The molecule has 0 aromatic rings. The number of nitrogens with one attached hydrogen (secondary N) is 1. The maximum absolute atomic E-state index is 11.4. The standard InChI is InChI=1S/C10H15NO3/c1-7(2)10(13)14-8-5-3-4-6-11-9(8)12/h8H,1,3-6H2,2H3,(H,11,12). The zero-order chi connectivity index (χ0) is 10.6. The van der Waals surface area contributed by atoms with Crippen molar-refractivity contribution >= 4 is 11.9 Å². The van der Waals surface area contributed by atoms with Gasteiger partial charge in [0.2, 0.25) is 0 Å². The number of carbonyl (C=O) groups is 2. The van der Waals surface area contributed by atoms with Crippen LogP contribution in [-0.2, 0) is 14.3 Å². The molecule has 0 saturated carbocycles. The summed E-state index contributed by atoms with van der Waals surface area (Å²) >= 11 is 0. The fourth-order valence-electron chi connectivity index (χ4n) is 1.25. The number of hydrogen-bond acceptors (Lipinski definition) is 3. The van der Waals surface area contributed by atoms with Gasteiger partial charge in [-0.05, 0) is 26.2 Å². The second-order valence-corrected chi connectivity index (χ2v) is 3.46. The Kier molecular flexibility index (Phi) is 3.68. The van der Waals surface area contributed by atoms with Crippen LogP contribution in [0.25, 0.3) is 0 Å². The Labute approximate surface area is 83.3 Å². The molecule has 0 aromatic heterocycles. The summed E-state index contributed by atoms with van der Waals surface area (Å²) in [5.74, 6) is -0.691. The lowest BCUT2D eigenvalue weighted by Gasteiger charge is -2.13. The summed E-state index contributed by atoms with van der Waals surface area (Å²) in [5, 5.41) is 2.69. The Hall–Kier alpha value is -1.32. The number of carbonyl (C=O) groups excluding carboxylic acids is 2. The van der Waals surface area contributed by atoms with Gasteiger partial charge in [0, 0.05) is 12.1 Å². The molecule has 0 bridgehead atoms. The van der Waals surface area contributed by atoms with Crippen LogP contribution in [0, 0.1) is 0 Å². The van der Waals surface area contributed by atoms with Gasteiger partial charge in [-0.25, -0.2) is 4.79 Å². The van der Waals surface area contributed by atoms with Gasteiger partial charge in [0.25, 0.3) is 5.91 Å². The van der Waals surface area contributed by atoms with Crippen molar-refractivity contribution in [1.29, 1.82) is 0 Å². The summed E-state index contributed by atoms with van der Waals surface area (Å²) in [4.78, 5) is 22.5. The molecule has 0 radical (unpaired) electrons. The smallest absolute Gasteiger partial charge is 0.333 e. The molecule has 1 heterocycles. The van der Waals surface area contributed by atoms with E-state index in [2.05, 4.69) is 11.9 Å².